The Balaban J connectivity index is 1.82. The number of hydrogen-bond acceptors (Lipinski definition) is 2. The fourth-order valence-electron chi connectivity index (χ4n) is 2.01. The fraction of sp³-hybridized carbons (Fsp3) is 0.846. The van der Waals surface area contributed by atoms with Crippen molar-refractivity contribution in [2.75, 3.05) is 6.54 Å². The quantitative estimate of drug-likeness (QED) is 0.609. The van der Waals surface area contributed by atoms with Crippen LogP contribution >= 0.6 is 0 Å². The van der Waals surface area contributed by atoms with Crippen molar-refractivity contribution in [3.05, 3.63) is 0 Å². The van der Waals surface area contributed by atoms with Gasteiger partial charge in [-0.05, 0) is 31.6 Å². The second-order valence-electron chi connectivity index (χ2n) is 4.91. The lowest BCUT2D eigenvalue weighted by Crippen LogP contribution is -2.28. The molecule has 4 heteroatoms. The Labute approximate surface area is 103 Å². The van der Waals surface area contributed by atoms with Crippen LogP contribution in [0.15, 0.2) is 0 Å². The Morgan fingerprint density at radius 1 is 1.12 bits per heavy atom. The van der Waals surface area contributed by atoms with Crippen LogP contribution in [0.3, 0.4) is 0 Å². The molecule has 0 saturated heterocycles. The maximum atomic E-state index is 11.4. The molecule has 1 fully saturated rings. The SMILES string of the molecule is O=C(O)CCCCCCNC(=O)CC1CCC1. The molecule has 0 aromatic heterocycles. The summed E-state index contributed by atoms with van der Waals surface area (Å²) in [4.78, 5) is 21.7. The topological polar surface area (TPSA) is 66.4 Å². The average molecular weight is 241 g/mol. The summed E-state index contributed by atoms with van der Waals surface area (Å²) in [6.07, 6.45) is 8.28. The van der Waals surface area contributed by atoms with Crippen LogP contribution in [-0.2, 0) is 9.59 Å². The molecule has 17 heavy (non-hydrogen) atoms. The van der Waals surface area contributed by atoms with Crippen molar-refractivity contribution in [2.24, 2.45) is 5.92 Å². The molecule has 1 aliphatic rings. The van der Waals surface area contributed by atoms with E-state index in [9.17, 15) is 9.59 Å². The summed E-state index contributed by atoms with van der Waals surface area (Å²) in [5, 5.41) is 11.4. The van der Waals surface area contributed by atoms with Crippen molar-refractivity contribution in [3.8, 4) is 0 Å². The van der Waals surface area contributed by atoms with Crippen LogP contribution in [0.25, 0.3) is 0 Å². The van der Waals surface area contributed by atoms with Gasteiger partial charge in [-0.15, -0.1) is 0 Å². The molecule has 0 atom stereocenters. The molecule has 0 radical (unpaired) electrons. The second-order valence-corrected chi connectivity index (χ2v) is 4.91. The molecule has 0 unspecified atom stereocenters. The fourth-order valence-corrected chi connectivity index (χ4v) is 2.01. The Morgan fingerprint density at radius 2 is 1.82 bits per heavy atom. The zero-order valence-electron chi connectivity index (χ0n) is 10.4. The first-order valence-electron chi connectivity index (χ1n) is 6.67. The molecule has 0 heterocycles. The minimum Gasteiger partial charge on any atom is -0.481 e. The zero-order valence-corrected chi connectivity index (χ0v) is 10.4. The van der Waals surface area contributed by atoms with Crippen molar-refractivity contribution in [2.45, 2.75) is 57.8 Å². The number of amides is 1. The van der Waals surface area contributed by atoms with Gasteiger partial charge in [0.15, 0.2) is 0 Å². The molecular formula is C13H23NO3. The molecule has 0 aliphatic heterocycles. The van der Waals surface area contributed by atoms with Crippen molar-refractivity contribution < 1.29 is 14.7 Å². The van der Waals surface area contributed by atoms with Gasteiger partial charge in [0.2, 0.25) is 5.91 Å². The second kappa shape index (κ2) is 8.09. The van der Waals surface area contributed by atoms with Gasteiger partial charge >= 0.3 is 5.97 Å². The van der Waals surface area contributed by atoms with E-state index in [0.29, 0.717) is 12.3 Å². The van der Waals surface area contributed by atoms with E-state index in [1.807, 2.05) is 0 Å². The minimum absolute atomic E-state index is 0.181. The predicted octanol–water partition coefficient (Wildman–Crippen LogP) is 2.33. The van der Waals surface area contributed by atoms with Gasteiger partial charge in [0.05, 0.1) is 0 Å². The van der Waals surface area contributed by atoms with E-state index in [0.717, 1.165) is 32.2 Å². The largest absolute Gasteiger partial charge is 0.481 e. The third-order valence-corrected chi connectivity index (χ3v) is 3.34. The molecule has 1 rings (SSSR count). The summed E-state index contributed by atoms with van der Waals surface area (Å²) in [6.45, 7) is 0.735. The maximum Gasteiger partial charge on any atom is 0.303 e. The minimum atomic E-state index is -0.723. The molecule has 1 amide bonds. The Kier molecular flexibility index (Phi) is 6.67. The number of unbranched alkanes of at least 4 members (excludes halogenated alkanes) is 3. The van der Waals surface area contributed by atoms with Crippen LogP contribution in [-0.4, -0.2) is 23.5 Å². The maximum absolute atomic E-state index is 11.4. The van der Waals surface area contributed by atoms with Gasteiger partial charge in [-0.1, -0.05) is 19.3 Å². The Hall–Kier alpha value is -1.06. The van der Waals surface area contributed by atoms with Crippen LogP contribution in [0.1, 0.15) is 57.8 Å². The van der Waals surface area contributed by atoms with Crippen molar-refractivity contribution in [1.82, 2.24) is 5.32 Å². The summed E-state index contributed by atoms with van der Waals surface area (Å²) in [5.41, 5.74) is 0. The van der Waals surface area contributed by atoms with Gasteiger partial charge in [-0.2, -0.15) is 0 Å². The van der Waals surface area contributed by atoms with Crippen molar-refractivity contribution in [3.63, 3.8) is 0 Å². The highest BCUT2D eigenvalue weighted by Gasteiger charge is 2.20. The Morgan fingerprint density at radius 3 is 2.41 bits per heavy atom. The standard InChI is InChI=1S/C13H23NO3/c15-12(10-11-6-5-7-11)14-9-4-2-1-3-8-13(16)17/h11H,1-10H2,(H,14,15)(H,16,17). The van der Waals surface area contributed by atoms with Gasteiger partial charge in [0.25, 0.3) is 0 Å². The Bertz CT molecular complexity index is 249. The summed E-state index contributed by atoms with van der Waals surface area (Å²) < 4.78 is 0. The predicted molar refractivity (Wildman–Crippen MR) is 65.7 cm³/mol. The van der Waals surface area contributed by atoms with E-state index < -0.39 is 5.97 Å². The number of hydrogen-bond donors (Lipinski definition) is 2. The summed E-state index contributed by atoms with van der Waals surface area (Å²) >= 11 is 0. The van der Waals surface area contributed by atoms with Crippen LogP contribution < -0.4 is 5.32 Å². The van der Waals surface area contributed by atoms with Crippen molar-refractivity contribution in [1.29, 1.82) is 0 Å². The highest BCUT2D eigenvalue weighted by molar-refractivity contribution is 5.76. The summed E-state index contributed by atoms with van der Waals surface area (Å²) in [7, 11) is 0. The number of rotatable bonds is 9. The first-order chi connectivity index (χ1) is 8.18. The van der Waals surface area contributed by atoms with E-state index in [1.165, 1.54) is 19.3 Å². The van der Waals surface area contributed by atoms with E-state index in [-0.39, 0.29) is 12.3 Å². The van der Waals surface area contributed by atoms with Crippen LogP contribution in [0.4, 0.5) is 0 Å². The smallest absolute Gasteiger partial charge is 0.303 e. The van der Waals surface area contributed by atoms with Crippen LogP contribution in [0, 0.1) is 5.92 Å². The van der Waals surface area contributed by atoms with E-state index in [1.54, 1.807) is 0 Å². The zero-order chi connectivity index (χ0) is 12.5. The highest BCUT2D eigenvalue weighted by Crippen LogP contribution is 2.28. The summed E-state index contributed by atoms with van der Waals surface area (Å²) in [5.74, 6) is 0.0876. The molecule has 98 valence electrons. The molecule has 1 aliphatic carbocycles. The van der Waals surface area contributed by atoms with E-state index in [2.05, 4.69) is 5.32 Å². The van der Waals surface area contributed by atoms with Crippen molar-refractivity contribution >= 4 is 11.9 Å². The number of carbonyl (C=O) groups is 2. The van der Waals surface area contributed by atoms with Gasteiger partial charge in [-0.3, -0.25) is 9.59 Å². The number of carbonyl (C=O) groups excluding carboxylic acids is 1. The molecule has 0 aromatic carbocycles. The molecule has 0 bridgehead atoms. The highest BCUT2D eigenvalue weighted by atomic mass is 16.4. The third-order valence-electron chi connectivity index (χ3n) is 3.34. The van der Waals surface area contributed by atoms with Gasteiger partial charge in [0, 0.05) is 19.4 Å². The normalized spacial score (nSPS) is 15.3. The lowest BCUT2D eigenvalue weighted by molar-refractivity contribution is -0.137. The molecule has 1 saturated carbocycles. The first kappa shape index (κ1) is 14.0. The lowest BCUT2D eigenvalue weighted by atomic mass is 9.83. The number of aliphatic carboxylic acids is 1. The van der Waals surface area contributed by atoms with E-state index in [4.69, 9.17) is 5.11 Å². The van der Waals surface area contributed by atoms with E-state index >= 15 is 0 Å². The van der Waals surface area contributed by atoms with Gasteiger partial charge in [-0.25, -0.2) is 0 Å². The molecule has 0 aromatic rings. The van der Waals surface area contributed by atoms with Gasteiger partial charge in [0.1, 0.15) is 0 Å². The van der Waals surface area contributed by atoms with Crippen LogP contribution in [0.5, 0.6) is 0 Å². The number of nitrogens with one attached hydrogen (secondary N) is 1. The van der Waals surface area contributed by atoms with Gasteiger partial charge < -0.3 is 10.4 Å². The molecule has 2 N–H and O–H groups in total. The number of carboxylic acids is 1. The number of carboxylic acid groups (broad SMARTS) is 1. The molecule has 0 spiro atoms. The summed E-state index contributed by atoms with van der Waals surface area (Å²) in [6, 6.07) is 0. The monoisotopic (exact) mass is 241 g/mol. The molecular weight excluding hydrogens is 218 g/mol. The first-order valence-corrected chi connectivity index (χ1v) is 6.67. The van der Waals surface area contributed by atoms with Crippen LogP contribution in [0.2, 0.25) is 0 Å². The average Bonchev–Trinajstić information content (AvgIpc) is 2.22. The molecule has 4 nitrogen and oxygen atoms in total. The lowest BCUT2D eigenvalue weighted by Gasteiger charge is -2.24. The third kappa shape index (κ3) is 6.97.